The monoisotopic (exact) mass is 273 g/mol. The molecule has 2 N–H and O–H groups in total. The van der Waals surface area contributed by atoms with Crippen molar-refractivity contribution >= 4 is 11.8 Å². The van der Waals surface area contributed by atoms with E-state index in [0.717, 1.165) is 18.4 Å². The molecule has 1 aliphatic carbocycles. The van der Waals surface area contributed by atoms with Crippen LogP contribution in [0.4, 0.5) is 0 Å². The van der Waals surface area contributed by atoms with Crippen molar-refractivity contribution in [2.24, 2.45) is 0 Å². The van der Waals surface area contributed by atoms with Crippen LogP contribution >= 0.6 is 0 Å². The van der Waals surface area contributed by atoms with Crippen molar-refractivity contribution in [1.82, 2.24) is 15.5 Å². The van der Waals surface area contributed by atoms with Crippen LogP contribution in [0.1, 0.15) is 24.4 Å². The lowest BCUT2D eigenvalue weighted by Crippen LogP contribution is -2.52. The van der Waals surface area contributed by atoms with Crippen LogP contribution in [-0.4, -0.2) is 42.4 Å². The van der Waals surface area contributed by atoms with Crippen LogP contribution in [0, 0.1) is 0 Å². The molecule has 2 aliphatic rings. The summed E-state index contributed by atoms with van der Waals surface area (Å²) < 4.78 is 0. The van der Waals surface area contributed by atoms with Gasteiger partial charge in [-0.3, -0.25) is 14.5 Å². The molecule has 5 heteroatoms. The Morgan fingerprint density at radius 2 is 2.05 bits per heavy atom. The highest BCUT2D eigenvalue weighted by molar-refractivity contribution is 5.85. The van der Waals surface area contributed by atoms with Crippen LogP contribution in [0.5, 0.6) is 0 Å². The number of nitrogens with one attached hydrogen (secondary N) is 2. The van der Waals surface area contributed by atoms with Gasteiger partial charge in [-0.05, 0) is 18.4 Å². The highest BCUT2D eigenvalue weighted by Crippen LogP contribution is 2.25. The second kappa shape index (κ2) is 5.63. The molecule has 1 unspecified atom stereocenters. The SMILES string of the molecule is O=C1CN(C(C(=O)NC2CC2)c2ccccc2)CCN1. The zero-order valence-corrected chi connectivity index (χ0v) is 11.3. The molecule has 1 saturated heterocycles. The predicted octanol–water partition coefficient (Wildman–Crippen LogP) is 0.438. The maximum Gasteiger partial charge on any atom is 0.242 e. The topological polar surface area (TPSA) is 61.4 Å². The summed E-state index contributed by atoms with van der Waals surface area (Å²) in [4.78, 5) is 26.0. The van der Waals surface area contributed by atoms with Gasteiger partial charge in [0.25, 0.3) is 0 Å². The first-order valence-electron chi connectivity index (χ1n) is 7.10. The molecule has 2 amide bonds. The largest absolute Gasteiger partial charge is 0.354 e. The molecule has 5 nitrogen and oxygen atoms in total. The normalized spacial score (nSPS) is 21.1. The Hall–Kier alpha value is -1.88. The maximum atomic E-state index is 12.5. The Morgan fingerprint density at radius 3 is 2.70 bits per heavy atom. The molecule has 1 saturated carbocycles. The van der Waals surface area contributed by atoms with Crippen molar-refractivity contribution in [3.63, 3.8) is 0 Å². The van der Waals surface area contributed by atoms with Gasteiger partial charge in [-0.25, -0.2) is 0 Å². The van der Waals surface area contributed by atoms with Crippen molar-refractivity contribution in [2.45, 2.75) is 24.9 Å². The number of carbonyl (C=O) groups is 2. The minimum absolute atomic E-state index is 0.00778. The third-order valence-electron chi connectivity index (χ3n) is 3.72. The van der Waals surface area contributed by atoms with Gasteiger partial charge in [-0.2, -0.15) is 0 Å². The van der Waals surface area contributed by atoms with Crippen LogP contribution in [0.3, 0.4) is 0 Å². The molecule has 0 radical (unpaired) electrons. The Balaban J connectivity index is 1.81. The lowest BCUT2D eigenvalue weighted by Gasteiger charge is -2.33. The third kappa shape index (κ3) is 2.99. The quantitative estimate of drug-likeness (QED) is 0.837. The molecule has 2 fully saturated rings. The Kier molecular flexibility index (Phi) is 3.69. The Bertz CT molecular complexity index is 499. The molecular weight excluding hydrogens is 254 g/mol. The summed E-state index contributed by atoms with van der Waals surface area (Å²) in [6.07, 6.45) is 2.13. The van der Waals surface area contributed by atoms with Gasteiger partial charge >= 0.3 is 0 Å². The standard InChI is InChI=1S/C15H19N3O2/c19-13-10-18(9-8-16-13)14(11-4-2-1-3-5-11)15(20)17-12-6-7-12/h1-5,12,14H,6-10H2,(H,16,19)(H,17,20). The first kappa shape index (κ1) is 13.1. The Labute approximate surface area is 118 Å². The minimum Gasteiger partial charge on any atom is -0.354 e. The highest BCUT2D eigenvalue weighted by Gasteiger charge is 2.33. The molecule has 3 rings (SSSR count). The van der Waals surface area contributed by atoms with Gasteiger partial charge in [-0.15, -0.1) is 0 Å². The summed E-state index contributed by atoms with van der Waals surface area (Å²) in [7, 11) is 0. The minimum atomic E-state index is -0.372. The van der Waals surface area contributed by atoms with Gasteiger partial charge in [-0.1, -0.05) is 30.3 Å². The van der Waals surface area contributed by atoms with Crippen molar-refractivity contribution in [3.8, 4) is 0 Å². The second-order valence-electron chi connectivity index (χ2n) is 5.42. The number of nitrogens with zero attached hydrogens (tertiary/aromatic N) is 1. The summed E-state index contributed by atoms with van der Waals surface area (Å²) in [6, 6.07) is 9.64. The zero-order valence-electron chi connectivity index (χ0n) is 11.3. The van der Waals surface area contributed by atoms with Crippen molar-refractivity contribution < 1.29 is 9.59 Å². The van der Waals surface area contributed by atoms with Gasteiger partial charge < -0.3 is 10.6 Å². The Morgan fingerprint density at radius 1 is 1.30 bits per heavy atom. The van der Waals surface area contributed by atoms with E-state index in [-0.39, 0.29) is 24.4 Å². The van der Waals surface area contributed by atoms with E-state index >= 15 is 0 Å². The highest BCUT2D eigenvalue weighted by atomic mass is 16.2. The van der Waals surface area contributed by atoms with Crippen molar-refractivity contribution in [3.05, 3.63) is 35.9 Å². The number of benzene rings is 1. The summed E-state index contributed by atoms with van der Waals surface area (Å²) in [5, 5.41) is 5.85. The van der Waals surface area contributed by atoms with Crippen molar-refractivity contribution in [1.29, 1.82) is 0 Å². The van der Waals surface area contributed by atoms with E-state index in [4.69, 9.17) is 0 Å². The van der Waals surface area contributed by atoms with Gasteiger partial charge in [0.2, 0.25) is 11.8 Å². The first-order chi connectivity index (χ1) is 9.74. The van der Waals surface area contributed by atoms with Gasteiger partial charge in [0.1, 0.15) is 6.04 Å². The molecule has 0 spiro atoms. The van der Waals surface area contributed by atoms with E-state index in [1.54, 1.807) is 0 Å². The summed E-state index contributed by atoms with van der Waals surface area (Å²) in [5.41, 5.74) is 0.945. The number of rotatable bonds is 4. The average Bonchev–Trinajstić information content (AvgIpc) is 3.24. The molecule has 20 heavy (non-hydrogen) atoms. The zero-order chi connectivity index (χ0) is 13.9. The van der Waals surface area contributed by atoms with E-state index in [0.29, 0.717) is 19.1 Å². The summed E-state index contributed by atoms with van der Waals surface area (Å²) in [5.74, 6) is -0.00944. The first-order valence-corrected chi connectivity index (χ1v) is 7.10. The molecule has 1 aliphatic heterocycles. The molecule has 0 aromatic heterocycles. The second-order valence-corrected chi connectivity index (χ2v) is 5.42. The van der Waals surface area contributed by atoms with Crippen LogP contribution in [-0.2, 0) is 9.59 Å². The van der Waals surface area contributed by atoms with E-state index in [2.05, 4.69) is 10.6 Å². The van der Waals surface area contributed by atoms with E-state index in [1.807, 2.05) is 35.2 Å². The fraction of sp³-hybridized carbons (Fsp3) is 0.467. The van der Waals surface area contributed by atoms with Gasteiger partial charge in [0.15, 0.2) is 0 Å². The number of carbonyl (C=O) groups excluding carboxylic acids is 2. The molecule has 1 aromatic rings. The summed E-state index contributed by atoms with van der Waals surface area (Å²) >= 11 is 0. The number of hydrogen-bond acceptors (Lipinski definition) is 3. The molecule has 1 atom stereocenters. The van der Waals surface area contributed by atoms with Gasteiger partial charge in [0.05, 0.1) is 6.54 Å². The van der Waals surface area contributed by atoms with Gasteiger partial charge in [0, 0.05) is 19.1 Å². The van der Waals surface area contributed by atoms with E-state index in [9.17, 15) is 9.59 Å². The van der Waals surface area contributed by atoms with Crippen molar-refractivity contribution in [2.75, 3.05) is 19.6 Å². The number of hydrogen-bond donors (Lipinski definition) is 2. The fourth-order valence-corrected chi connectivity index (χ4v) is 2.55. The smallest absolute Gasteiger partial charge is 0.242 e. The maximum absolute atomic E-state index is 12.5. The van der Waals surface area contributed by atoms with Crippen LogP contribution in [0.2, 0.25) is 0 Å². The predicted molar refractivity (Wildman–Crippen MR) is 74.9 cm³/mol. The molecule has 106 valence electrons. The molecule has 0 bridgehead atoms. The average molecular weight is 273 g/mol. The van der Waals surface area contributed by atoms with Crippen LogP contribution in [0.25, 0.3) is 0 Å². The lowest BCUT2D eigenvalue weighted by molar-refractivity contribution is -0.131. The number of piperazine rings is 1. The molecule has 1 aromatic carbocycles. The lowest BCUT2D eigenvalue weighted by atomic mass is 10.0. The van der Waals surface area contributed by atoms with Crippen LogP contribution < -0.4 is 10.6 Å². The number of amides is 2. The van der Waals surface area contributed by atoms with E-state index in [1.165, 1.54) is 0 Å². The molecular formula is C15H19N3O2. The molecule has 1 heterocycles. The summed E-state index contributed by atoms with van der Waals surface area (Å²) in [6.45, 7) is 1.57. The third-order valence-corrected chi connectivity index (χ3v) is 3.72. The van der Waals surface area contributed by atoms with E-state index < -0.39 is 0 Å². The van der Waals surface area contributed by atoms with Crippen LogP contribution in [0.15, 0.2) is 30.3 Å². The fourth-order valence-electron chi connectivity index (χ4n) is 2.55.